The molecule has 0 spiro atoms. The van der Waals surface area contributed by atoms with Crippen LogP contribution >= 0.6 is 0 Å². The van der Waals surface area contributed by atoms with E-state index < -0.39 is 6.10 Å². The van der Waals surface area contributed by atoms with E-state index in [0.717, 1.165) is 24.0 Å². The number of rotatable bonds is 2. The van der Waals surface area contributed by atoms with Gasteiger partial charge < -0.3 is 14.9 Å². The van der Waals surface area contributed by atoms with Gasteiger partial charge >= 0.3 is 0 Å². The minimum absolute atomic E-state index is 0.0613. The van der Waals surface area contributed by atoms with Crippen LogP contribution in [0.2, 0.25) is 0 Å². The quantitative estimate of drug-likeness (QED) is 0.688. The first kappa shape index (κ1) is 11.9. The smallest absolute Gasteiger partial charge is 0.170 e. The molecule has 84 valence electrons. The Hall–Kier alpha value is -1.22. The molecule has 0 saturated carbocycles. The Morgan fingerprint density at radius 2 is 2.20 bits per heavy atom. The molecule has 0 bridgehead atoms. The Labute approximate surface area is 90.4 Å². The van der Waals surface area contributed by atoms with Crippen LogP contribution in [-0.4, -0.2) is 23.4 Å². The number of hydrogen-bond donors (Lipinski definition) is 2. The summed E-state index contributed by atoms with van der Waals surface area (Å²) in [6, 6.07) is 0. The Morgan fingerprint density at radius 1 is 1.53 bits per heavy atom. The Kier molecular flexibility index (Phi) is 3.97. The van der Waals surface area contributed by atoms with Crippen LogP contribution in [0, 0.1) is 0 Å². The van der Waals surface area contributed by atoms with Crippen LogP contribution in [0.4, 0.5) is 0 Å². The molecule has 0 fully saturated rings. The van der Waals surface area contributed by atoms with Crippen LogP contribution in [-0.2, 0) is 4.74 Å². The standard InChI is InChI=1S/C12H18O3/c1-4-9-6-5-7-10(13)12(15-3)11(14)8(9)2/h5,7,10,13-14H,4,6H2,1-3H3/b7-5?,9-8-,12-11-. The highest BCUT2D eigenvalue weighted by molar-refractivity contribution is 5.35. The molecule has 1 aliphatic rings. The van der Waals surface area contributed by atoms with Crippen molar-refractivity contribution in [1.29, 1.82) is 0 Å². The minimum atomic E-state index is -0.858. The second-order valence-electron chi connectivity index (χ2n) is 3.58. The number of aliphatic hydroxyl groups is 2. The Bertz CT molecular complexity index is 324. The van der Waals surface area contributed by atoms with Crippen molar-refractivity contribution >= 4 is 0 Å². The van der Waals surface area contributed by atoms with E-state index in [2.05, 4.69) is 0 Å². The van der Waals surface area contributed by atoms with Gasteiger partial charge in [-0.2, -0.15) is 0 Å². The zero-order chi connectivity index (χ0) is 11.4. The molecule has 0 aromatic rings. The highest BCUT2D eigenvalue weighted by atomic mass is 16.5. The third-order valence-corrected chi connectivity index (χ3v) is 2.72. The lowest BCUT2D eigenvalue weighted by molar-refractivity contribution is 0.145. The molecule has 0 aromatic heterocycles. The minimum Gasteiger partial charge on any atom is -0.504 e. The van der Waals surface area contributed by atoms with Crippen molar-refractivity contribution in [1.82, 2.24) is 0 Å². The van der Waals surface area contributed by atoms with Crippen LogP contribution in [0.1, 0.15) is 26.7 Å². The summed E-state index contributed by atoms with van der Waals surface area (Å²) in [5.41, 5.74) is 1.96. The van der Waals surface area contributed by atoms with Crippen molar-refractivity contribution < 1.29 is 14.9 Å². The number of methoxy groups -OCH3 is 1. The first-order chi connectivity index (χ1) is 7.11. The number of aliphatic hydroxyl groups excluding tert-OH is 2. The van der Waals surface area contributed by atoms with Crippen LogP contribution in [0.15, 0.2) is 34.8 Å². The van der Waals surface area contributed by atoms with Crippen molar-refractivity contribution in [3.8, 4) is 0 Å². The zero-order valence-electron chi connectivity index (χ0n) is 9.45. The fourth-order valence-electron chi connectivity index (χ4n) is 1.70. The van der Waals surface area contributed by atoms with Gasteiger partial charge in [0.2, 0.25) is 0 Å². The lowest BCUT2D eigenvalue weighted by Gasteiger charge is -2.17. The largest absolute Gasteiger partial charge is 0.504 e. The summed E-state index contributed by atoms with van der Waals surface area (Å²) in [4.78, 5) is 0. The topological polar surface area (TPSA) is 49.7 Å². The summed E-state index contributed by atoms with van der Waals surface area (Å²) in [7, 11) is 1.45. The van der Waals surface area contributed by atoms with Gasteiger partial charge in [0, 0.05) is 0 Å². The summed E-state index contributed by atoms with van der Waals surface area (Å²) in [6.45, 7) is 3.89. The van der Waals surface area contributed by atoms with Crippen LogP contribution < -0.4 is 0 Å². The van der Waals surface area contributed by atoms with E-state index >= 15 is 0 Å². The van der Waals surface area contributed by atoms with Gasteiger partial charge in [-0.05, 0) is 25.3 Å². The molecule has 15 heavy (non-hydrogen) atoms. The molecule has 0 saturated heterocycles. The van der Waals surface area contributed by atoms with E-state index in [1.54, 1.807) is 6.08 Å². The van der Waals surface area contributed by atoms with E-state index in [4.69, 9.17) is 4.74 Å². The van der Waals surface area contributed by atoms with Crippen molar-refractivity contribution in [2.24, 2.45) is 0 Å². The average Bonchev–Trinajstić information content (AvgIpc) is 2.23. The molecule has 1 atom stereocenters. The number of allylic oxidation sites excluding steroid dienone is 3. The molecule has 0 aromatic carbocycles. The summed E-state index contributed by atoms with van der Waals surface area (Å²) in [5, 5.41) is 19.6. The van der Waals surface area contributed by atoms with Gasteiger partial charge in [0.15, 0.2) is 11.5 Å². The fourth-order valence-corrected chi connectivity index (χ4v) is 1.70. The molecule has 1 aliphatic carbocycles. The molecule has 0 radical (unpaired) electrons. The second-order valence-corrected chi connectivity index (χ2v) is 3.58. The van der Waals surface area contributed by atoms with Crippen molar-refractivity contribution in [3.63, 3.8) is 0 Å². The van der Waals surface area contributed by atoms with Crippen LogP contribution in [0.5, 0.6) is 0 Å². The maximum atomic E-state index is 9.92. The van der Waals surface area contributed by atoms with Gasteiger partial charge in [-0.3, -0.25) is 0 Å². The van der Waals surface area contributed by atoms with Gasteiger partial charge in [0.05, 0.1) is 7.11 Å². The van der Waals surface area contributed by atoms with E-state index in [1.807, 2.05) is 19.9 Å². The number of hydrogen-bond acceptors (Lipinski definition) is 3. The van der Waals surface area contributed by atoms with E-state index in [9.17, 15) is 10.2 Å². The summed E-state index contributed by atoms with van der Waals surface area (Å²) in [6.07, 6.45) is 4.33. The van der Waals surface area contributed by atoms with Crippen LogP contribution in [0.3, 0.4) is 0 Å². The first-order valence-corrected chi connectivity index (χ1v) is 5.12. The molecule has 0 amide bonds. The first-order valence-electron chi connectivity index (χ1n) is 5.12. The molecule has 1 unspecified atom stereocenters. The molecular weight excluding hydrogens is 192 g/mol. The third kappa shape index (κ3) is 2.42. The maximum Gasteiger partial charge on any atom is 0.170 e. The molecule has 0 heterocycles. The fraction of sp³-hybridized carbons (Fsp3) is 0.500. The van der Waals surface area contributed by atoms with Crippen molar-refractivity contribution in [2.75, 3.05) is 7.11 Å². The van der Waals surface area contributed by atoms with E-state index in [1.165, 1.54) is 7.11 Å². The average molecular weight is 210 g/mol. The van der Waals surface area contributed by atoms with Crippen molar-refractivity contribution in [2.45, 2.75) is 32.8 Å². The predicted molar refractivity (Wildman–Crippen MR) is 59.4 cm³/mol. The van der Waals surface area contributed by atoms with Gasteiger partial charge in [0.25, 0.3) is 0 Å². The van der Waals surface area contributed by atoms with Gasteiger partial charge in [-0.25, -0.2) is 0 Å². The summed E-state index contributed by atoms with van der Waals surface area (Å²) < 4.78 is 5.01. The highest BCUT2D eigenvalue weighted by Gasteiger charge is 2.18. The van der Waals surface area contributed by atoms with Gasteiger partial charge in [-0.1, -0.05) is 24.6 Å². The molecule has 3 heteroatoms. The predicted octanol–water partition coefficient (Wildman–Crippen LogP) is 2.45. The molecule has 3 nitrogen and oxygen atoms in total. The van der Waals surface area contributed by atoms with Gasteiger partial charge in [0.1, 0.15) is 6.10 Å². The lowest BCUT2D eigenvalue weighted by Crippen LogP contribution is -2.14. The monoisotopic (exact) mass is 210 g/mol. The zero-order valence-corrected chi connectivity index (χ0v) is 9.45. The third-order valence-electron chi connectivity index (χ3n) is 2.72. The molecule has 0 aliphatic heterocycles. The van der Waals surface area contributed by atoms with E-state index in [0.29, 0.717) is 0 Å². The second kappa shape index (κ2) is 5.03. The van der Waals surface area contributed by atoms with Crippen LogP contribution in [0.25, 0.3) is 0 Å². The normalized spacial score (nSPS) is 32.4. The van der Waals surface area contributed by atoms with Gasteiger partial charge in [-0.15, -0.1) is 0 Å². The summed E-state index contributed by atoms with van der Waals surface area (Å²) >= 11 is 0. The number of ether oxygens (including phenoxy) is 1. The molecular formula is C12H18O3. The Balaban J connectivity index is 3.24. The van der Waals surface area contributed by atoms with Crippen molar-refractivity contribution in [3.05, 3.63) is 34.8 Å². The summed E-state index contributed by atoms with van der Waals surface area (Å²) in [5.74, 6) is 0.278. The maximum absolute atomic E-state index is 9.92. The SMILES string of the molecule is CC/C1=C(C)/C(O)=C(/OC)C(O)C=CC1. The molecule has 2 N–H and O–H groups in total. The highest BCUT2D eigenvalue weighted by Crippen LogP contribution is 2.25. The lowest BCUT2D eigenvalue weighted by atomic mass is 9.98. The molecule has 1 rings (SSSR count). The Morgan fingerprint density at radius 3 is 2.73 bits per heavy atom. The van der Waals surface area contributed by atoms with E-state index in [-0.39, 0.29) is 11.5 Å².